The van der Waals surface area contributed by atoms with Crippen LogP contribution in [0, 0.1) is 0 Å². The van der Waals surface area contributed by atoms with Crippen molar-refractivity contribution in [3.8, 4) is 22.4 Å². The number of guanidine groups is 1. The third-order valence-electron chi connectivity index (χ3n) is 4.15. The third-order valence-corrected chi connectivity index (χ3v) is 8.72. The predicted octanol–water partition coefficient (Wildman–Crippen LogP) is 2.68. The number of aromatic nitrogens is 3. The average molecular weight is 443 g/mol. The van der Waals surface area contributed by atoms with E-state index in [0.29, 0.717) is 27.4 Å². The van der Waals surface area contributed by atoms with Gasteiger partial charge in [-0.3, -0.25) is 4.31 Å². The van der Waals surface area contributed by atoms with Gasteiger partial charge in [0.15, 0.2) is 0 Å². The summed E-state index contributed by atoms with van der Waals surface area (Å²) in [5, 5.41) is 10.4. The first-order chi connectivity index (χ1) is 12.7. The van der Waals surface area contributed by atoms with E-state index in [9.17, 15) is 4.21 Å². The van der Waals surface area contributed by atoms with Crippen molar-refractivity contribution in [2.45, 2.75) is 12.5 Å². The van der Waals surface area contributed by atoms with Crippen molar-refractivity contribution in [3.63, 3.8) is 0 Å². The molecule has 0 aliphatic carbocycles. The van der Waals surface area contributed by atoms with Gasteiger partial charge in [0.1, 0.15) is 11.2 Å². The van der Waals surface area contributed by atoms with E-state index in [1.54, 1.807) is 18.6 Å². The lowest BCUT2D eigenvalue weighted by molar-refractivity contribution is 0.522. The maximum atomic E-state index is 12.8. The summed E-state index contributed by atoms with van der Waals surface area (Å²) < 4.78 is 20.0. The second-order valence-corrected chi connectivity index (χ2v) is 10.8. The zero-order valence-corrected chi connectivity index (χ0v) is 17.6. The van der Waals surface area contributed by atoms with E-state index in [2.05, 4.69) is 26.0 Å². The molecular formula is C15H15ClN6O2S3. The van der Waals surface area contributed by atoms with Gasteiger partial charge in [-0.1, -0.05) is 11.6 Å². The van der Waals surface area contributed by atoms with Crippen LogP contribution in [0.15, 0.2) is 26.4 Å². The van der Waals surface area contributed by atoms with Crippen molar-refractivity contribution in [2.24, 2.45) is 10.7 Å². The molecule has 12 heteroatoms. The smallest absolute Gasteiger partial charge is 0.267 e. The first-order valence-corrected chi connectivity index (χ1v) is 11.6. The molecule has 1 aliphatic heterocycles. The number of hydrogen-bond acceptors (Lipinski definition) is 9. The molecule has 0 radical (unpaired) electrons. The molecule has 0 spiro atoms. The Hall–Kier alpha value is -1.95. The van der Waals surface area contributed by atoms with Gasteiger partial charge in [0.05, 0.1) is 35.7 Å². The highest BCUT2D eigenvalue weighted by molar-refractivity contribution is 7.98. The molecule has 142 valence electrons. The summed E-state index contributed by atoms with van der Waals surface area (Å²) in [4.78, 5) is 10.1. The lowest BCUT2D eigenvalue weighted by atomic mass is 10.0. The molecule has 2 N–H and O–H groups in total. The molecular weight excluding hydrogens is 428 g/mol. The van der Waals surface area contributed by atoms with Crippen LogP contribution >= 0.6 is 34.3 Å². The molecule has 2 atom stereocenters. The molecule has 0 aromatic carbocycles. The third kappa shape index (κ3) is 3.14. The van der Waals surface area contributed by atoms with Gasteiger partial charge in [-0.2, -0.15) is 0 Å². The Bertz CT molecular complexity index is 1130. The summed E-state index contributed by atoms with van der Waals surface area (Å²) in [5.74, 6) is 4.85. The average Bonchev–Trinajstić information content (AvgIpc) is 3.31. The SMILES string of the molecule is C=S1(=O)C[C@@](C)(c2sc(-c3nnc(-c4cscn4)o3)cc2Cl)N=C(N)N1C. The first-order valence-electron chi connectivity index (χ1n) is 7.66. The summed E-state index contributed by atoms with van der Waals surface area (Å²) in [6.45, 7) is 1.84. The molecule has 0 bridgehead atoms. The van der Waals surface area contributed by atoms with Crippen molar-refractivity contribution in [2.75, 3.05) is 12.8 Å². The Labute approximate surface area is 168 Å². The predicted molar refractivity (Wildman–Crippen MR) is 111 cm³/mol. The second kappa shape index (κ2) is 6.30. The molecule has 3 aromatic heterocycles. The molecule has 0 saturated heterocycles. The van der Waals surface area contributed by atoms with Crippen molar-refractivity contribution in [1.82, 2.24) is 19.5 Å². The van der Waals surface area contributed by atoms with Crippen LogP contribution in [0.5, 0.6) is 0 Å². The lowest BCUT2D eigenvalue weighted by Gasteiger charge is -2.36. The maximum absolute atomic E-state index is 12.8. The van der Waals surface area contributed by atoms with Gasteiger partial charge in [0.25, 0.3) is 11.8 Å². The number of rotatable bonds is 3. The van der Waals surface area contributed by atoms with Crippen LogP contribution in [-0.2, 0) is 15.2 Å². The van der Waals surface area contributed by atoms with Gasteiger partial charge in [-0.05, 0) is 18.9 Å². The minimum Gasteiger partial charge on any atom is -0.414 e. The summed E-state index contributed by atoms with van der Waals surface area (Å²) >= 11 is 9.27. The van der Waals surface area contributed by atoms with E-state index in [1.807, 2.05) is 12.3 Å². The van der Waals surface area contributed by atoms with Gasteiger partial charge < -0.3 is 10.2 Å². The van der Waals surface area contributed by atoms with Crippen molar-refractivity contribution >= 4 is 55.8 Å². The lowest BCUT2D eigenvalue weighted by Crippen LogP contribution is -2.50. The second-order valence-electron chi connectivity index (χ2n) is 6.23. The van der Waals surface area contributed by atoms with Crippen molar-refractivity contribution in [3.05, 3.63) is 26.9 Å². The number of hydrogen-bond donors (Lipinski definition) is 1. The van der Waals surface area contributed by atoms with Crippen LogP contribution < -0.4 is 5.73 Å². The monoisotopic (exact) mass is 442 g/mol. The molecule has 27 heavy (non-hydrogen) atoms. The molecule has 1 aliphatic rings. The van der Waals surface area contributed by atoms with E-state index in [4.69, 9.17) is 21.8 Å². The van der Waals surface area contributed by atoms with Crippen LogP contribution in [0.25, 0.3) is 22.4 Å². The minimum atomic E-state index is -2.60. The number of thiazole rings is 1. The number of nitrogens with zero attached hydrogens (tertiary/aromatic N) is 5. The summed E-state index contributed by atoms with van der Waals surface area (Å²) in [6.07, 6.45) is 0. The molecule has 1 unspecified atom stereocenters. The van der Waals surface area contributed by atoms with E-state index < -0.39 is 15.2 Å². The number of halogens is 1. The summed E-state index contributed by atoms with van der Waals surface area (Å²) in [6, 6.07) is 1.74. The van der Waals surface area contributed by atoms with Gasteiger partial charge in [0.2, 0.25) is 5.96 Å². The Kier molecular flexibility index (Phi) is 4.29. The van der Waals surface area contributed by atoms with E-state index >= 15 is 0 Å². The van der Waals surface area contributed by atoms with E-state index in [-0.39, 0.29) is 11.7 Å². The standard InChI is InChI=1S/C15H15ClN6O2S3/c1-15(6-27(3,23)22(2)14(17)19-15)11-8(16)4-10(26-11)13-21-20-12(24-13)9-5-25-7-18-9/h4-5,7H,3,6H2,1-2H3,(H2,17,19)/t15-,27?/m0/s1. The number of nitrogens with two attached hydrogens (primary N) is 1. The normalized spacial score (nSPS) is 25.6. The highest BCUT2D eigenvalue weighted by Crippen LogP contribution is 2.44. The Balaban J connectivity index is 1.74. The van der Waals surface area contributed by atoms with Crippen LogP contribution in [0.3, 0.4) is 0 Å². The first kappa shape index (κ1) is 18.4. The summed E-state index contributed by atoms with van der Waals surface area (Å²) in [7, 11) is -0.978. The van der Waals surface area contributed by atoms with Gasteiger partial charge in [-0.25, -0.2) is 14.2 Å². The zero-order valence-electron chi connectivity index (χ0n) is 14.4. The van der Waals surface area contributed by atoms with Crippen LogP contribution in [-0.4, -0.2) is 48.3 Å². The fraction of sp³-hybridized carbons (Fsp3) is 0.267. The minimum absolute atomic E-state index is 0.165. The van der Waals surface area contributed by atoms with E-state index in [0.717, 1.165) is 4.88 Å². The van der Waals surface area contributed by atoms with Crippen LogP contribution in [0.2, 0.25) is 5.02 Å². The van der Waals surface area contributed by atoms with Gasteiger partial charge >= 0.3 is 0 Å². The molecule has 3 aromatic rings. The molecule has 8 nitrogen and oxygen atoms in total. The van der Waals surface area contributed by atoms with Gasteiger partial charge in [0, 0.05) is 12.4 Å². The fourth-order valence-corrected chi connectivity index (χ4v) is 6.60. The van der Waals surface area contributed by atoms with Gasteiger partial charge in [-0.15, -0.1) is 32.9 Å². The molecule has 4 rings (SSSR count). The highest BCUT2D eigenvalue weighted by Gasteiger charge is 2.40. The highest BCUT2D eigenvalue weighted by atomic mass is 35.5. The van der Waals surface area contributed by atoms with Crippen LogP contribution in [0.4, 0.5) is 0 Å². The van der Waals surface area contributed by atoms with E-state index in [1.165, 1.54) is 27.0 Å². The Morgan fingerprint density at radius 3 is 2.85 bits per heavy atom. The fourth-order valence-electron chi connectivity index (χ4n) is 2.76. The topological polar surface area (TPSA) is 110 Å². The molecule has 0 amide bonds. The largest absolute Gasteiger partial charge is 0.414 e. The Morgan fingerprint density at radius 2 is 2.19 bits per heavy atom. The van der Waals surface area contributed by atoms with Crippen molar-refractivity contribution < 1.29 is 8.63 Å². The molecule has 0 fully saturated rings. The molecule has 4 heterocycles. The maximum Gasteiger partial charge on any atom is 0.267 e. The molecule has 0 saturated carbocycles. The number of aliphatic imine (C=N–C) groups is 1. The Morgan fingerprint density at radius 1 is 1.44 bits per heavy atom. The van der Waals surface area contributed by atoms with Crippen LogP contribution in [0.1, 0.15) is 11.8 Å². The van der Waals surface area contributed by atoms with Crippen molar-refractivity contribution in [1.29, 1.82) is 0 Å². The number of thiophene rings is 1. The zero-order chi connectivity index (χ0) is 19.4. The summed E-state index contributed by atoms with van der Waals surface area (Å²) in [5.41, 5.74) is 7.43. The quantitative estimate of drug-likeness (QED) is 0.624.